The van der Waals surface area contributed by atoms with Gasteiger partial charge in [-0.25, -0.2) is 4.79 Å². The minimum atomic E-state index is -1.09. The van der Waals surface area contributed by atoms with Crippen molar-refractivity contribution in [2.75, 3.05) is 14.2 Å². The molecule has 0 bridgehead atoms. The van der Waals surface area contributed by atoms with Crippen LogP contribution >= 0.6 is 12.4 Å². The minimum Gasteiger partial charge on any atom is -0.469 e. The lowest BCUT2D eigenvalue weighted by Crippen LogP contribution is -2.43. The maximum atomic E-state index is 12.0. The Morgan fingerprint density at radius 3 is 2.18 bits per heavy atom. The van der Waals surface area contributed by atoms with E-state index in [1.807, 2.05) is 0 Å². The lowest BCUT2D eigenvalue weighted by Gasteiger charge is -2.15. The van der Waals surface area contributed by atoms with Gasteiger partial charge < -0.3 is 20.5 Å². The first kappa shape index (κ1) is 19.9. The first-order valence-electron chi connectivity index (χ1n) is 6.26. The van der Waals surface area contributed by atoms with Crippen LogP contribution in [0.5, 0.6) is 0 Å². The first-order valence-corrected chi connectivity index (χ1v) is 6.26. The Labute approximate surface area is 134 Å². The number of carbonyl (C=O) groups is 3. The fourth-order valence-corrected chi connectivity index (χ4v) is 1.62. The summed E-state index contributed by atoms with van der Waals surface area (Å²) in [6, 6.07) is 5.50. The highest BCUT2D eigenvalue weighted by Gasteiger charge is 2.25. The van der Waals surface area contributed by atoms with Crippen molar-refractivity contribution in [3.63, 3.8) is 0 Å². The second-order valence-corrected chi connectivity index (χ2v) is 4.23. The van der Waals surface area contributed by atoms with Crippen molar-refractivity contribution in [2.24, 2.45) is 5.73 Å². The molecule has 0 saturated carbocycles. The van der Waals surface area contributed by atoms with Gasteiger partial charge in [-0.3, -0.25) is 9.59 Å². The number of nitrogens with two attached hydrogens (primary N) is 1. The summed E-state index contributed by atoms with van der Waals surface area (Å²) < 4.78 is 9.03. The van der Waals surface area contributed by atoms with Crippen LogP contribution in [0.15, 0.2) is 24.3 Å². The highest BCUT2D eigenvalue weighted by molar-refractivity contribution is 5.97. The maximum Gasteiger partial charge on any atom is 0.328 e. The van der Waals surface area contributed by atoms with E-state index in [4.69, 9.17) is 5.73 Å². The van der Waals surface area contributed by atoms with Gasteiger partial charge in [0.05, 0.1) is 20.6 Å². The number of esters is 2. The van der Waals surface area contributed by atoms with Crippen molar-refractivity contribution < 1.29 is 23.9 Å². The molecule has 3 N–H and O–H groups in total. The number of amides is 1. The van der Waals surface area contributed by atoms with Crippen molar-refractivity contribution in [3.05, 3.63) is 35.4 Å². The zero-order chi connectivity index (χ0) is 15.8. The molecular weight excluding hydrogens is 312 g/mol. The van der Waals surface area contributed by atoms with E-state index < -0.39 is 23.9 Å². The van der Waals surface area contributed by atoms with Crippen LogP contribution in [-0.2, 0) is 25.6 Å². The zero-order valence-electron chi connectivity index (χ0n) is 12.3. The summed E-state index contributed by atoms with van der Waals surface area (Å²) in [6.07, 6.45) is -0.296. The molecule has 1 atom stereocenters. The fraction of sp³-hybridized carbons (Fsp3) is 0.357. The number of halogens is 1. The molecule has 8 heteroatoms. The number of ether oxygens (including phenoxy) is 2. The SMILES string of the molecule is COC(=O)CC(NC(=O)c1ccc(CN)cc1)C(=O)OC.Cl. The number of carbonyl (C=O) groups excluding carboxylic acids is 3. The quantitative estimate of drug-likeness (QED) is 0.731. The second kappa shape index (κ2) is 9.75. The van der Waals surface area contributed by atoms with Gasteiger partial charge in [-0.05, 0) is 17.7 Å². The van der Waals surface area contributed by atoms with E-state index in [0.717, 1.165) is 5.56 Å². The van der Waals surface area contributed by atoms with Crippen LogP contribution in [0.2, 0.25) is 0 Å². The van der Waals surface area contributed by atoms with Crippen LogP contribution in [0, 0.1) is 0 Å². The van der Waals surface area contributed by atoms with E-state index in [-0.39, 0.29) is 18.8 Å². The number of hydrogen-bond donors (Lipinski definition) is 2. The molecule has 22 heavy (non-hydrogen) atoms. The average molecular weight is 331 g/mol. The summed E-state index contributed by atoms with van der Waals surface area (Å²) in [4.78, 5) is 34.9. The third kappa shape index (κ3) is 5.71. The molecule has 0 aliphatic rings. The van der Waals surface area contributed by atoms with Gasteiger partial charge in [0.15, 0.2) is 0 Å². The molecule has 0 aromatic heterocycles. The smallest absolute Gasteiger partial charge is 0.328 e. The lowest BCUT2D eigenvalue weighted by molar-refractivity contribution is -0.149. The lowest BCUT2D eigenvalue weighted by atomic mass is 10.1. The van der Waals surface area contributed by atoms with Gasteiger partial charge in [-0.15, -0.1) is 12.4 Å². The van der Waals surface area contributed by atoms with E-state index in [1.54, 1.807) is 24.3 Å². The summed E-state index contributed by atoms with van der Waals surface area (Å²) in [6.45, 7) is 0.370. The van der Waals surface area contributed by atoms with E-state index >= 15 is 0 Å². The van der Waals surface area contributed by atoms with Crippen LogP contribution in [0.3, 0.4) is 0 Å². The van der Waals surface area contributed by atoms with Gasteiger partial charge in [-0.1, -0.05) is 12.1 Å². The summed E-state index contributed by atoms with van der Waals surface area (Å²) in [5, 5.41) is 2.44. The number of rotatable bonds is 6. The van der Waals surface area contributed by atoms with Gasteiger partial charge in [0.2, 0.25) is 0 Å². The molecule has 0 aliphatic heterocycles. The van der Waals surface area contributed by atoms with E-state index in [1.165, 1.54) is 14.2 Å². The topological polar surface area (TPSA) is 108 Å². The van der Waals surface area contributed by atoms with E-state index in [9.17, 15) is 14.4 Å². The Bertz CT molecular complexity index is 518. The molecule has 0 radical (unpaired) electrons. The molecule has 0 aliphatic carbocycles. The predicted octanol–water partition coefficient (Wildman–Crippen LogP) is 0.402. The number of hydrogen-bond acceptors (Lipinski definition) is 6. The van der Waals surface area contributed by atoms with Crippen molar-refractivity contribution in [1.29, 1.82) is 0 Å². The normalized spacial score (nSPS) is 10.9. The Kier molecular flexibility index (Phi) is 8.81. The van der Waals surface area contributed by atoms with Gasteiger partial charge in [0.25, 0.3) is 5.91 Å². The molecule has 1 rings (SSSR count). The van der Waals surface area contributed by atoms with Crippen molar-refractivity contribution in [2.45, 2.75) is 19.0 Å². The third-order valence-electron chi connectivity index (χ3n) is 2.84. The number of nitrogens with one attached hydrogen (secondary N) is 1. The minimum absolute atomic E-state index is 0. The van der Waals surface area contributed by atoms with Crippen LogP contribution in [0.1, 0.15) is 22.3 Å². The van der Waals surface area contributed by atoms with Crippen LogP contribution in [0.25, 0.3) is 0 Å². The van der Waals surface area contributed by atoms with E-state index in [2.05, 4.69) is 14.8 Å². The fourth-order valence-electron chi connectivity index (χ4n) is 1.62. The molecule has 1 unspecified atom stereocenters. The second-order valence-electron chi connectivity index (χ2n) is 4.23. The molecule has 0 heterocycles. The number of methoxy groups -OCH3 is 2. The Morgan fingerprint density at radius 1 is 1.14 bits per heavy atom. The highest BCUT2D eigenvalue weighted by Crippen LogP contribution is 2.06. The molecular formula is C14H19ClN2O5. The molecule has 1 aromatic carbocycles. The summed E-state index contributed by atoms with van der Waals surface area (Å²) in [5.74, 6) is -1.82. The molecule has 0 saturated heterocycles. The summed E-state index contributed by atoms with van der Waals surface area (Å²) in [7, 11) is 2.37. The van der Waals surface area contributed by atoms with Gasteiger partial charge in [0, 0.05) is 12.1 Å². The van der Waals surface area contributed by atoms with Crippen molar-refractivity contribution in [3.8, 4) is 0 Å². The Morgan fingerprint density at radius 2 is 1.73 bits per heavy atom. The van der Waals surface area contributed by atoms with Gasteiger partial charge in [0.1, 0.15) is 6.04 Å². The van der Waals surface area contributed by atoms with E-state index in [0.29, 0.717) is 12.1 Å². The first-order chi connectivity index (χ1) is 10.0. The molecule has 0 fully saturated rings. The monoisotopic (exact) mass is 330 g/mol. The molecule has 122 valence electrons. The van der Waals surface area contributed by atoms with Crippen LogP contribution in [0.4, 0.5) is 0 Å². The standard InChI is InChI=1S/C14H18N2O5.ClH/c1-20-12(17)7-11(14(19)21-2)16-13(18)10-5-3-9(8-15)4-6-10;/h3-6,11H,7-8,15H2,1-2H3,(H,16,18);1H. The van der Waals surface area contributed by atoms with Crippen LogP contribution < -0.4 is 11.1 Å². The Hall–Kier alpha value is -2.12. The largest absolute Gasteiger partial charge is 0.469 e. The maximum absolute atomic E-state index is 12.0. The van der Waals surface area contributed by atoms with Crippen LogP contribution in [-0.4, -0.2) is 38.1 Å². The van der Waals surface area contributed by atoms with Gasteiger partial charge in [-0.2, -0.15) is 0 Å². The molecule has 0 spiro atoms. The zero-order valence-corrected chi connectivity index (χ0v) is 13.1. The average Bonchev–Trinajstić information content (AvgIpc) is 2.53. The summed E-state index contributed by atoms with van der Waals surface area (Å²) >= 11 is 0. The molecule has 7 nitrogen and oxygen atoms in total. The highest BCUT2D eigenvalue weighted by atomic mass is 35.5. The molecule has 1 aromatic rings. The summed E-state index contributed by atoms with van der Waals surface area (Å²) in [5.41, 5.74) is 6.70. The van der Waals surface area contributed by atoms with Crippen molar-refractivity contribution in [1.82, 2.24) is 5.32 Å². The molecule has 1 amide bonds. The predicted molar refractivity (Wildman–Crippen MR) is 81.5 cm³/mol. The Balaban J connectivity index is 0.00000441. The number of benzene rings is 1. The van der Waals surface area contributed by atoms with Gasteiger partial charge >= 0.3 is 11.9 Å². The van der Waals surface area contributed by atoms with Crippen molar-refractivity contribution >= 4 is 30.3 Å². The third-order valence-corrected chi connectivity index (χ3v) is 2.84.